The van der Waals surface area contributed by atoms with E-state index in [0.29, 0.717) is 12.5 Å². The van der Waals surface area contributed by atoms with Gasteiger partial charge in [0.05, 0.1) is 12.1 Å². The van der Waals surface area contributed by atoms with Crippen LogP contribution in [0.25, 0.3) is 0 Å². The van der Waals surface area contributed by atoms with E-state index < -0.39 is 5.60 Å². The molecule has 1 aliphatic carbocycles. The molecule has 0 spiro atoms. The second kappa shape index (κ2) is 6.78. The van der Waals surface area contributed by atoms with Crippen molar-refractivity contribution < 1.29 is 5.11 Å². The first-order valence-electron chi connectivity index (χ1n) is 6.47. The molecule has 0 radical (unpaired) electrons. The van der Waals surface area contributed by atoms with E-state index in [-0.39, 0.29) is 24.0 Å². The topological polar surface area (TPSA) is 61.9 Å². The van der Waals surface area contributed by atoms with Crippen molar-refractivity contribution in [2.45, 2.75) is 50.5 Å². The average molecular weight is 353 g/mol. The summed E-state index contributed by atoms with van der Waals surface area (Å²) < 4.78 is 0. The number of hydrogen-bond donors (Lipinski definition) is 2. The van der Waals surface area contributed by atoms with Crippen molar-refractivity contribution in [2.24, 2.45) is 10.7 Å². The monoisotopic (exact) mass is 353 g/mol. The van der Waals surface area contributed by atoms with Crippen molar-refractivity contribution in [3.05, 3.63) is 0 Å². The lowest BCUT2D eigenvalue weighted by molar-refractivity contribution is -0.0237. The van der Waals surface area contributed by atoms with E-state index in [1.807, 2.05) is 0 Å². The maximum Gasteiger partial charge on any atom is 0.191 e. The first kappa shape index (κ1) is 15.0. The summed E-state index contributed by atoms with van der Waals surface area (Å²) in [5.41, 5.74) is 5.42. The normalized spacial score (nSPS) is 24.5. The summed E-state index contributed by atoms with van der Waals surface area (Å²) >= 11 is 0. The van der Waals surface area contributed by atoms with E-state index in [2.05, 4.69) is 9.89 Å². The van der Waals surface area contributed by atoms with Crippen molar-refractivity contribution in [1.82, 2.24) is 4.90 Å². The molecule has 0 amide bonds. The van der Waals surface area contributed by atoms with Crippen LogP contribution in [0.3, 0.4) is 0 Å². The highest BCUT2D eigenvalue weighted by atomic mass is 127. The number of aliphatic hydroxyl groups is 1. The maximum absolute atomic E-state index is 9.93. The molecule has 5 heteroatoms. The molecule has 0 unspecified atom stereocenters. The SMILES string of the molecule is I.NC(=NCC1(O)CCC1)N1CCCCCC1. The van der Waals surface area contributed by atoms with Gasteiger partial charge in [0.1, 0.15) is 0 Å². The average Bonchev–Trinajstić information content (AvgIpc) is 2.51. The Kier molecular flexibility index (Phi) is 5.99. The first-order chi connectivity index (χ1) is 7.70. The van der Waals surface area contributed by atoms with E-state index >= 15 is 0 Å². The van der Waals surface area contributed by atoms with Gasteiger partial charge in [-0.05, 0) is 32.1 Å². The van der Waals surface area contributed by atoms with E-state index in [9.17, 15) is 5.11 Å². The van der Waals surface area contributed by atoms with Crippen molar-refractivity contribution >= 4 is 29.9 Å². The minimum atomic E-state index is -0.545. The number of likely N-dealkylation sites (tertiary alicyclic amines) is 1. The lowest BCUT2D eigenvalue weighted by Crippen LogP contribution is -2.43. The van der Waals surface area contributed by atoms with Crippen LogP contribution in [0.15, 0.2) is 4.99 Å². The van der Waals surface area contributed by atoms with Crippen LogP contribution in [0.1, 0.15) is 44.9 Å². The van der Waals surface area contributed by atoms with Crippen LogP contribution in [0, 0.1) is 0 Å². The number of halogens is 1. The Morgan fingerprint density at radius 1 is 1.12 bits per heavy atom. The molecule has 100 valence electrons. The zero-order chi connectivity index (χ0) is 11.4. The summed E-state index contributed by atoms with van der Waals surface area (Å²) in [6.45, 7) is 2.52. The molecule has 2 fully saturated rings. The number of aliphatic imine (C=N–C) groups is 1. The number of nitrogens with two attached hydrogens (primary N) is 1. The van der Waals surface area contributed by atoms with Gasteiger partial charge in [0.25, 0.3) is 0 Å². The molecule has 0 atom stereocenters. The van der Waals surface area contributed by atoms with Crippen LogP contribution in [0.4, 0.5) is 0 Å². The fraction of sp³-hybridized carbons (Fsp3) is 0.917. The molecule has 3 N–H and O–H groups in total. The minimum absolute atomic E-state index is 0. The Bertz CT molecular complexity index is 258. The molecular formula is C12H24IN3O. The van der Waals surface area contributed by atoms with Crippen molar-refractivity contribution in [1.29, 1.82) is 0 Å². The quantitative estimate of drug-likeness (QED) is 0.451. The van der Waals surface area contributed by atoms with Gasteiger partial charge in [0, 0.05) is 13.1 Å². The standard InChI is InChI=1S/C12H23N3O.HI/c13-11(14-10-12(16)6-5-7-12)15-8-3-1-2-4-9-15;/h16H,1-10H2,(H2,13,14);1H. The zero-order valence-electron chi connectivity index (χ0n) is 10.4. The van der Waals surface area contributed by atoms with Crippen LogP contribution in [0.2, 0.25) is 0 Å². The van der Waals surface area contributed by atoms with Gasteiger partial charge in [-0.1, -0.05) is 12.8 Å². The number of guanidine groups is 1. The van der Waals surface area contributed by atoms with Gasteiger partial charge in [-0.25, -0.2) is 0 Å². The Balaban J connectivity index is 0.00000144. The van der Waals surface area contributed by atoms with Gasteiger partial charge < -0.3 is 15.7 Å². The molecule has 0 aromatic heterocycles. The van der Waals surface area contributed by atoms with Crippen LogP contribution in [-0.4, -0.2) is 41.2 Å². The Morgan fingerprint density at radius 2 is 1.71 bits per heavy atom. The van der Waals surface area contributed by atoms with Gasteiger partial charge in [-0.2, -0.15) is 0 Å². The smallest absolute Gasteiger partial charge is 0.191 e. The van der Waals surface area contributed by atoms with Crippen LogP contribution >= 0.6 is 24.0 Å². The molecule has 0 aromatic carbocycles. The third kappa shape index (κ3) is 4.28. The highest BCUT2D eigenvalue weighted by molar-refractivity contribution is 14.0. The molecule has 2 aliphatic rings. The minimum Gasteiger partial charge on any atom is -0.388 e. The Labute approximate surface area is 121 Å². The molecule has 1 aliphatic heterocycles. The van der Waals surface area contributed by atoms with E-state index in [0.717, 1.165) is 32.4 Å². The number of nitrogens with zero attached hydrogens (tertiary/aromatic N) is 2. The molecule has 1 saturated carbocycles. The largest absolute Gasteiger partial charge is 0.388 e. The summed E-state index contributed by atoms with van der Waals surface area (Å²) in [4.78, 5) is 6.52. The molecule has 1 saturated heterocycles. The Morgan fingerprint density at radius 3 is 2.18 bits per heavy atom. The second-order valence-electron chi connectivity index (χ2n) is 5.15. The van der Waals surface area contributed by atoms with Gasteiger partial charge in [-0.3, -0.25) is 4.99 Å². The summed E-state index contributed by atoms with van der Waals surface area (Å²) in [6, 6.07) is 0. The fourth-order valence-corrected chi connectivity index (χ4v) is 2.37. The highest BCUT2D eigenvalue weighted by Gasteiger charge is 2.34. The van der Waals surface area contributed by atoms with Gasteiger partial charge >= 0.3 is 0 Å². The van der Waals surface area contributed by atoms with Crippen LogP contribution in [0.5, 0.6) is 0 Å². The van der Waals surface area contributed by atoms with Gasteiger partial charge in [0.15, 0.2) is 5.96 Å². The van der Waals surface area contributed by atoms with Crippen LogP contribution < -0.4 is 5.73 Å². The summed E-state index contributed by atoms with van der Waals surface area (Å²) in [7, 11) is 0. The lowest BCUT2D eigenvalue weighted by Gasteiger charge is -2.35. The summed E-state index contributed by atoms with van der Waals surface area (Å²) in [5.74, 6) is 0.627. The predicted molar refractivity (Wildman–Crippen MR) is 80.7 cm³/mol. The fourth-order valence-electron chi connectivity index (χ4n) is 2.37. The third-order valence-corrected chi connectivity index (χ3v) is 3.75. The van der Waals surface area contributed by atoms with E-state index in [1.54, 1.807) is 0 Å². The molecule has 2 rings (SSSR count). The number of hydrogen-bond acceptors (Lipinski definition) is 2. The number of rotatable bonds is 2. The molecule has 0 aromatic rings. The van der Waals surface area contributed by atoms with E-state index in [1.165, 1.54) is 25.7 Å². The predicted octanol–water partition coefficient (Wildman–Crippen LogP) is 1.71. The summed E-state index contributed by atoms with van der Waals surface area (Å²) in [5, 5.41) is 9.93. The highest BCUT2D eigenvalue weighted by Crippen LogP contribution is 2.31. The molecule has 0 bridgehead atoms. The Hall–Kier alpha value is -0.0400. The van der Waals surface area contributed by atoms with Gasteiger partial charge in [0.2, 0.25) is 0 Å². The first-order valence-corrected chi connectivity index (χ1v) is 6.47. The summed E-state index contributed by atoms with van der Waals surface area (Å²) in [6.07, 6.45) is 7.89. The third-order valence-electron chi connectivity index (χ3n) is 3.75. The second-order valence-corrected chi connectivity index (χ2v) is 5.15. The molecular weight excluding hydrogens is 329 g/mol. The van der Waals surface area contributed by atoms with E-state index in [4.69, 9.17) is 5.73 Å². The van der Waals surface area contributed by atoms with Crippen molar-refractivity contribution in [2.75, 3.05) is 19.6 Å². The van der Waals surface area contributed by atoms with Crippen LogP contribution in [-0.2, 0) is 0 Å². The van der Waals surface area contributed by atoms with Gasteiger partial charge in [-0.15, -0.1) is 24.0 Å². The lowest BCUT2D eigenvalue weighted by atomic mass is 9.80. The zero-order valence-corrected chi connectivity index (χ0v) is 12.7. The molecule has 4 nitrogen and oxygen atoms in total. The van der Waals surface area contributed by atoms with Crippen molar-refractivity contribution in [3.63, 3.8) is 0 Å². The molecule has 17 heavy (non-hydrogen) atoms. The molecule has 1 heterocycles. The maximum atomic E-state index is 9.93. The van der Waals surface area contributed by atoms with Crippen molar-refractivity contribution in [3.8, 4) is 0 Å².